The maximum absolute atomic E-state index is 12.1. The summed E-state index contributed by atoms with van der Waals surface area (Å²) < 4.78 is 42.8. The van der Waals surface area contributed by atoms with E-state index in [0.717, 1.165) is 16.5 Å². The molecule has 3 rings (SSSR count). The summed E-state index contributed by atoms with van der Waals surface area (Å²) in [5.74, 6) is 0.154. The Morgan fingerprint density at radius 1 is 1.17 bits per heavy atom. The van der Waals surface area contributed by atoms with Gasteiger partial charge in [-0.3, -0.25) is 4.68 Å². The van der Waals surface area contributed by atoms with Gasteiger partial charge in [-0.1, -0.05) is 17.7 Å². The van der Waals surface area contributed by atoms with Crippen molar-refractivity contribution in [1.82, 2.24) is 19.7 Å². The highest BCUT2D eigenvalue weighted by Gasteiger charge is 2.26. The van der Waals surface area contributed by atoms with Crippen molar-refractivity contribution in [3.63, 3.8) is 0 Å². The number of halogens is 4. The fourth-order valence-corrected chi connectivity index (χ4v) is 2.29. The van der Waals surface area contributed by atoms with Crippen LogP contribution in [0.2, 0.25) is 5.15 Å². The molecule has 0 aliphatic carbocycles. The lowest BCUT2D eigenvalue weighted by Crippen LogP contribution is -2.13. The molecule has 3 aromatic heterocycles. The van der Waals surface area contributed by atoms with E-state index in [1.165, 1.54) is 12.3 Å². The molecular formula is C15H12ClF3N4O. The normalized spacial score (nSPS) is 11.8. The largest absolute Gasteiger partial charge is 0.477 e. The Kier molecular flexibility index (Phi) is 4.57. The van der Waals surface area contributed by atoms with Crippen LogP contribution < -0.4 is 4.74 Å². The molecule has 0 fully saturated rings. The molecule has 3 aromatic rings. The second-order valence-electron chi connectivity index (χ2n) is 5.08. The van der Waals surface area contributed by atoms with E-state index in [9.17, 15) is 13.2 Å². The lowest BCUT2D eigenvalue weighted by atomic mass is 10.3. The summed E-state index contributed by atoms with van der Waals surface area (Å²) in [6.07, 6.45) is -0.354. The Morgan fingerprint density at radius 3 is 2.67 bits per heavy atom. The van der Waals surface area contributed by atoms with Gasteiger partial charge in [-0.05, 0) is 11.6 Å². The number of fused-ring (bicyclic) bond motifs is 1. The molecule has 0 spiro atoms. The third-order valence-corrected chi connectivity index (χ3v) is 3.51. The number of alkyl halides is 3. The zero-order chi connectivity index (χ0) is 17.2. The minimum atomic E-state index is -4.24. The van der Waals surface area contributed by atoms with Crippen LogP contribution in [0.1, 0.15) is 12.0 Å². The van der Waals surface area contributed by atoms with Crippen LogP contribution in [0.25, 0.3) is 10.9 Å². The third-order valence-electron chi connectivity index (χ3n) is 3.21. The van der Waals surface area contributed by atoms with Crippen LogP contribution >= 0.6 is 11.6 Å². The molecule has 126 valence electrons. The minimum Gasteiger partial charge on any atom is -0.477 e. The van der Waals surface area contributed by atoms with Crippen molar-refractivity contribution in [3.8, 4) is 5.88 Å². The summed E-state index contributed by atoms with van der Waals surface area (Å²) >= 11 is 6.00. The fraction of sp³-hybridized carbons (Fsp3) is 0.267. The van der Waals surface area contributed by atoms with E-state index in [4.69, 9.17) is 16.3 Å². The average molecular weight is 357 g/mol. The van der Waals surface area contributed by atoms with Crippen molar-refractivity contribution >= 4 is 22.5 Å². The second kappa shape index (κ2) is 6.64. The first kappa shape index (κ1) is 16.5. The molecule has 0 unspecified atom stereocenters. The van der Waals surface area contributed by atoms with E-state index < -0.39 is 19.2 Å². The molecule has 0 N–H and O–H groups in total. The molecule has 0 saturated carbocycles. The number of ether oxygens (including phenoxy) is 1. The smallest absolute Gasteiger partial charge is 0.392 e. The molecule has 3 heterocycles. The first-order valence-corrected chi connectivity index (χ1v) is 7.41. The monoisotopic (exact) mass is 356 g/mol. The minimum absolute atomic E-state index is 0.154. The molecule has 0 aliphatic heterocycles. The highest BCUT2D eigenvalue weighted by atomic mass is 35.5. The van der Waals surface area contributed by atoms with E-state index in [0.29, 0.717) is 11.7 Å². The predicted molar refractivity (Wildman–Crippen MR) is 82.0 cm³/mol. The van der Waals surface area contributed by atoms with Crippen molar-refractivity contribution in [2.45, 2.75) is 19.1 Å². The molecule has 0 bridgehead atoms. The number of aromatic nitrogens is 4. The number of hydrogen-bond acceptors (Lipinski definition) is 4. The van der Waals surface area contributed by atoms with Gasteiger partial charge in [0.2, 0.25) is 5.88 Å². The summed E-state index contributed by atoms with van der Waals surface area (Å²) in [5, 5.41) is 5.51. The lowest BCUT2D eigenvalue weighted by molar-refractivity contribution is -0.139. The van der Waals surface area contributed by atoms with Crippen molar-refractivity contribution in [3.05, 3.63) is 47.5 Å². The quantitative estimate of drug-likeness (QED) is 0.651. The highest BCUT2D eigenvalue weighted by Crippen LogP contribution is 2.21. The van der Waals surface area contributed by atoms with Crippen molar-refractivity contribution in [2.24, 2.45) is 0 Å². The van der Waals surface area contributed by atoms with Crippen LogP contribution in [-0.2, 0) is 6.54 Å². The Labute approximate surface area is 140 Å². The molecule has 24 heavy (non-hydrogen) atoms. The van der Waals surface area contributed by atoms with E-state index in [1.807, 2.05) is 0 Å². The van der Waals surface area contributed by atoms with Gasteiger partial charge in [-0.15, -0.1) is 0 Å². The van der Waals surface area contributed by atoms with Gasteiger partial charge in [0, 0.05) is 24.7 Å². The van der Waals surface area contributed by atoms with Crippen LogP contribution in [0.5, 0.6) is 5.88 Å². The van der Waals surface area contributed by atoms with Gasteiger partial charge in [-0.2, -0.15) is 18.3 Å². The van der Waals surface area contributed by atoms with E-state index >= 15 is 0 Å². The third kappa shape index (κ3) is 4.14. The molecule has 5 nitrogen and oxygen atoms in total. The Hall–Kier alpha value is -2.35. The van der Waals surface area contributed by atoms with Crippen LogP contribution in [0, 0.1) is 0 Å². The highest BCUT2D eigenvalue weighted by molar-refractivity contribution is 6.34. The molecule has 0 aromatic carbocycles. The summed E-state index contributed by atoms with van der Waals surface area (Å²) in [5.41, 5.74) is 1.56. The molecule has 0 radical (unpaired) electrons. The van der Waals surface area contributed by atoms with Crippen LogP contribution in [-0.4, -0.2) is 32.5 Å². The standard InChI is InChI=1S/C15H12ClF3N4O/c16-14-11-9-23(22-12(11)3-5-20-14)8-10-1-2-13(21-7-10)24-6-4-15(17,18)19/h1-3,5,7,9H,4,6,8H2. The molecule has 9 heteroatoms. The van der Waals surface area contributed by atoms with Crippen LogP contribution in [0.3, 0.4) is 0 Å². The zero-order valence-corrected chi connectivity index (χ0v) is 13.1. The number of hydrogen-bond donors (Lipinski definition) is 0. The molecule has 0 atom stereocenters. The van der Waals surface area contributed by atoms with Gasteiger partial charge in [0.15, 0.2) is 0 Å². The predicted octanol–water partition coefficient (Wildman–Crippen LogP) is 3.86. The van der Waals surface area contributed by atoms with Crippen molar-refractivity contribution in [1.29, 1.82) is 0 Å². The summed E-state index contributed by atoms with van der Waals surface area (Å²) in [6.45, 7) is -0.00721. The lowest BCUT2D eigenvalue weighted by Gasteiger charge is -2.08. The van der Waals surface area contributed by atoms with Crippen molar-refractivity contribution in [2.75, 3.05) is 6.61 Å². The summed E-state index contributed by atoms with van der Waals surface area (Å²) in [7, 11) is 0. The first-order chi connectivity index (χ1) is 11.4. The fourth-order valence-electron chi connectivity index (χ4n) is 2.09. The van der Waals surface area contributed by atoms with Gasteiger partial charge < -0.3 is 4.74 Å². The Morgan fingerprint density at radius 2 is 2.00 bits per heavy atom. The molecule has 0 saturated heterocycles. The van der Waals surface area contributed by atoms with Crippen LogP contribution in [0.4, 0.5) is 13.2 Å². The second-order valence-corrected chi connectivity index (χ2v) is 5.44. The summed E-state index contributed by atoms with van der Waals surface area (Å²) in [6, 6.07) is 5.01. The SMILES string of the molecule is FC(F)(F)CCOc1ccc(Cn2cc3c(Cl)nccc3n2)cn1. The maximum atomic E-state index is 12.1. The topological polar surface area (TPSA) is 52.8 Å². The zero-order valence-electron chi connectivity index (χ0n) is 12.3. The maximum Gasteiger partial charge on any atom is 0.392 e. The van der Waals surface area contributed by atoms with Gasteiger partial charge >= 0.3 is 6.18 Å². The van der Waals surface area contributed by atoms with Gasteiger partial charge in [0.25, 0.3) is 0 Å². The number of pyridine rings is 2. The van der Waals surface area contributed by atoms with E-state index in [-0.39, 0.29) is 5.88 Å². The molecule has 0 aliphatic rings. The number of rotatable bonds is 5. The van der Waals surface area contributed by atoms with E-state index in [2.05, 4.69) is 15.1 Å². The Balaban J connectivity index is 1.64. The molecule has 0 amide bonds. The first-order valence-electron chi connectivity index (χ1n) is 7.03. The van der Waals surface area contributed by atoms with Crippen LogP contribution in [0.15, 0.2) is 36.8 Å². The van der Waals surface area contributed by atoms with Gasteiger partial charge in [0.05, 0.1) is 30.5 Å². The van der Waals surface area contributed by atoms with Gasteiger partial charge in [-0.25, -0.2) is 9.97 Å². The molecular weight excluding hydrogens is 345 g/mol. The van der Waals surface area contributed by atoms with Gasteiger partial charge in [0.1, 0.15) is 5.15 Å². The Bertz CT molecular complexity index is 833. The number of nitrogens with zero attached hydrogens (tertiary/aromatic N) is 4. The van der Waals surface area contributed by atoms with Crippen molar-refractivity contribution < 1.29 is 17.9 Å². The van der Waals surface area contributed by atoms with E-state index in [1.54, 1.807) is 29.2 Å². The average Bonchev–Trinajstić information content (AvgIpc) is 2.92. The summed E-state index contributed by atoms with van der Waals surface area (Å²) in [4.78, 5) is 7.99.